The summed E-state index contributed by atoms with van der Waals surface area (Å²) >= 11 is 6.46. The van der Waals surface area contributed by atoms with E-state index in [1.807, 2.05) is 12.1 Å². The van der Waals surface area contributed by atoms with Gasteiger partial charge in [0.05, 0.1) is 18.1 Å². The molecule has 0 fully saturated rings. The number of halogens is 2. The van der Waals surface area contributed by atoms with Crippen LogP contribution in [0.15, 0.2) is 42.5 Å². The number of rotatable bonds is 5. The minimum absolute atomic E-state index is 0.347. The third-order valence-electron chi connectivity index (χ3n) is 3.40. The Balaban J connectivity index is 2.30. The first-order valence-electron chi connectivity index (χ1n) is 7.08. The van der Waals surface area contributed by atoms with Gasteiger partial charge in [0.2, 0.25) is 0 Å². The van der Waals surface area contributed by atoms with Gasteiger partial charge in [0.1, 0.15) is 11.6 Å². The molecule has 2 aromatic rings. The number of hydrogen-bond donors (Lipinski definition) is 0. The molecular weight excluding hydrogens is 287 g/mol. The summed E-state index contributed by atoms with van der Waals surface area (Å²) in [5, 5.41) is -0.561. The average Bonchev–Trinajstić information content (AvgIpc) is 2.46. The van der Waals surface area contributed by atoms with E-state index in [0.717, 1.165) is 12.0 Å². The molecule has 1 unspecified atom stereocenters. The predicted molar refractivity (Wildman–Crippen MR) is 85.6 cm³/mol. The molecule has 1 atom stereocenters. The van der Waals surface area contributed by atoms with Crippen LogP contribution in [0, 0.1) is 11.7 Å². The molecule has 0 aliphatic carbocycles. The number of benzene rings is 2. The van der Waals surface area contributed by atoms with Crippen molar-refractivity contribution in [2.75, 3.05) is 7.11 Å². The molecule has 0 spiro atoms. The molecule has 0 aromatic heterocycles. The van der Waals surface area contributed by atoms with Gasteiger partial charge in [-0.1, -0.05) is 44.2 Å². The Bertz CT molecular complexity index is 593. The highest BCUT2D eigenvalue weighted by Crippen LogP contribution is 2.36. The van der Waals surface area contributed by atoms with Gasteiger partial charge >= 0.3 is 0 Å². The lowest BCUT2D eigenvalue weighted by Gasteiger charge is -2.16. The average molecular weight is 307 g/mol. The van der Waals surface area contributed by atoms with E-state index in [1.54, 1.807) is 12.1 Å². The van der Waals surface area contributed by atoms with Crippen LogP contribution in [0.2, 0.25) is 0 Å². The summed E-state index contributed by atoms with van der Waals surface area (Å²) < 4.78 is 19.3. The number of ether oxygens (including phenoxy) is 1. The molecule has 0 radical (unpaired) electrons. The second-order valence-corrected chi connectivity index (χ2v) is 5.99. The molecule has 3 heteroatoms. The highest BCUT2D eigenvalue weighted by molar-refractivity contribution is 6.22. The second-order valence-electron chi connectivity index (χ2n) is 5.56. The second kappa shape index (κ2) is 6.95. The lowest BCUT2D eigenvalue weighted by Crippen LogP contribution is -2.01. The quantitative estimate of drug-likeness (QED) is 0.676. The Kier molecular flexibility index (Phi) is 5.24. The molecule has 1 nitrogen and oxygen atoms in total. The number of alkyl halides is 1. The predicted octanol–water partition coefficient (Wildman–Crippen LogP) is 5.36. The van der Waals surface area contributed by atoms with Gasteiger partial charge in [0, 0.05) is 0 Å². The van der Waals surface area contributed by atoms with Gasteiger partial charge in [-0.05, 0) is 35.6 Å². The van der Waals surface area contributed by atoms with Crippen molar-refractivity contribution < 1.29 is 9.13 Å². The van der Waals surface area contributed by atoms with Crippen LogP contribution in [0.4, 0.5) is 4.39 Å². The highest BCUT2D eigenvalue weighted by atomic mass is 35.5. The van der Waals surface area contributed by atoms with Crippen LogP contribution in [0.3, 0.4) is 0 Å². The van der Waals surface area contributed by atoms with Gasteiger partial charge in [-0.15, -0.1) is 11.6 Å². The Morgan fingerprint density at radius 2 is 1.76 bits per heavy atom. The fourth-order valence-electron chi connectivity index (χ4n) is 2.40. The molecule has 0 saturated heterocycles. The molecule has 2 aromatic carbocycles. The first kappa shape index (κ1) is 15.8. The van der Waals surface area contributed by atoms with Crippen molar-refractivity contribution in [3.05, 3.63) is 65.0 Å². The van der Waals surface area contributed by atoms with Crippen LogP contribution in [0.1, 0.15) is 35.9 Å². The molecule has 0 amide bonds. The van der Waals surface area contributed by atoms with Gasteiger partial charge < -0.3 is 4.74 Å². The van der Waals surface area contributed by atoms with Crippen LogP contribution in [-0.2, 0) is 6.42 Å². The van der Waals surface area contributed by atoms with E-state index in [4.69, 9.17) is 16.3 Å². The van der Waals surface area contributed by atoms with Crippen molar-refractivity contribution in [1.82, 2.24) is 0 Å². The highest BCUT2D eigenvalue weighted by Gasteiger charge is 2.20. The summed E-state index contributed by atoms with van der Waals surface area (Å²) in [5.74, 6) is 0.733. The number of hydrogen-bond acceptors (Lipinski definition) is 1. The van der Waals surface area contributed by atoms with Crippen LogP contribution in [0.5, 0.6) is 5.75 Å². The summed E-state index contributed by atoms with van der Waals surface area (Å²) in [4.78, 5) is 0. The van der Waals surface area contributed by atoms with E-state index < -0.39 is 5.38 Å². The van der Waals surface area contributed by atoms with E-state index in [2.05, 4.69) is 26.0 Å². The molecular formula is C18H20ClFO. The molecule has 21 heavy (non-hydrogen) atoms. The molecule has 0 N–H and O–H groups in total. The molecule has 0 heterocycles. The van der Waals surface area contributed by atoms with Crippen LogP contribution in [-0.4, -0.2) is 7.11 Å². The van der Waals surface area contributed by atoms with Crippen molar-refractivity contribution in [1.29, 1.82) is 0 Å². The fraction of sp³-hybridized carbons (Fsp3) is 0.333. The topological polar surface area (TPSA) is 9.23 Å². The number of methoxy groups -OCH3 is 1. The van der Waals surface area contributed by atoms with E-state index in [9.17, 15) is 4.39 Å². The normalized spacial score (nSPS) is 12.5. The van der Waals surface area contributed by atoms with Crippen LogP contribution >= 0.6 is 11.6 Å². The third-order valence-corrected chi connectivity index (χ3v) is 3.87. The van der Waals surface area contributed by atoms with Crippen molar-refractivity contribution >= 4 is 11.6 Å². The zero-order valence-corrected chi connectivity index (χ0v) is 13.3. The third kappa shape index (κ3) is 3.76. The largest absolute Gasteiger partial charge is 0.496 e. The summed E-state index contributed by atoms with van der Waals surface area (Å²) in [6.45, 7) is 4.37. The Labute approximate surface area is 130 Å². The summed E-state index contributed by atoms with van der Waals surface area (Å²) in [6.07, 6.45) is 1.02. The molecule has 112 valence electrons. The lowest BCUT2D eigenvalue weighted by molar-refractivity contribution is 0.405. The van der Waals surface area contributed by atoms with Gasteiger partial charge in [0.15, 0.2) is 0 Å². The molecule has 0 aliphatic heterocycles. The van der Waals surface area contributed by atoms with Crippen molar-refractivity contribution in [2.24, 2.45) is 5.92 Å². The van der Waals surface area contributed by atoms with E-state index in [1.165, 1.54) is 18.7 Å². The maximum absolute atomic E-state index is 14.1. The summed E-state index contributed by atoms with van der Waals surface area (Å²) in [5.41, 5.74) is 2.52. The SMILES string of the molecule is COc1cccc(F)c1C(Cl)c1ccc(CC(C)C)cc1. The summed E-state index contributed by atoms with van der Waals surface area (Å²) in [6, 6.07) is 12.8. The molecule has 2 rings (SSSR count). The fourth-order valence-corrected chi connectivity index (χ4v) is 2.76. The summed E-state index contributed by atoms with van der Waals surface area (Å²) in [7, 11) is 1.52. The standard InChI is InChI=1S/C18H20ClFO/c1-12(2)11-13-7-9-14(10-8-13)18(19)17-15(20)5-4-6-16(17)21-3/h4-10,12,18H,11H2,1-3H3. The van der Waals surface area contributed by atoms with E-state index >= 15 is 0 Å². The molecule has 0 saturated carbocycles. The van der Waals surface area contributed by atoms with Gasteiger partial charge in [-0.25, -0.2) is 4.39 Å². The monoisotopic (exact) mass is 306 g/mol. The Hall–Kier alpha value is -1.54. The van der Waals surface area contributed by atoms with E-state index in [-0.39, 0.29) is 5.82 Å². The van der Waals surface area contributed by atoms with Crippen LogP contribution < -0.4 is 4.74 Å². The van der Waals surface area contributed by atoms with Crippen molar-refractivity contribution in [3.63, 3.8) is 0 Å². The van der Waals surface area contributed by atoms with Crippen molar-refractivity contribution in [3.8, 4) is 5.75 Å². The minimum Gasteiger partial charge on any atom is -0.496 e. The molecule has 0 bridgehead atoms. The van der Waals surface area contributed by atoms with Gasteiger partial charge in [-0.2, -0.15) is 0 Å². The van der Waals surface area contributed by atoms with Gasteiger partial charge in [0.25, 0.3) is 0 Å². The zero-order chi connectivity index (χ0) is 15.4. The van der Waals surface area contributed by atoms with Crippen LogP contribution in [0.25, 0.3) is 0 Å². The minimum atomic E-state index is -0.561. The zero-order valence-electron chi connectivity index (χ0n) is 12.6. The smallest absolute Gasteiger partial charge is 0.131 e. The maximum atomic E-state index is 14.1. The Morgan fingerprint density at radius 3 is 2.33 bits per heavy atom. The first-order valence-corrected chi connectivity index (χ1v) is 7.52. The van der Waals surface area contributed by atoms with E-state index in [0.29, 0.717) is 17.2 Å². The maximum Gasteiger partial charge on any atom is 0.131 e. The van der Waals surface area contributed by atoms with Gasteiger partial charge in [-0.3, -0.25) is 0 Å². The first-order chi connectivity index (χ1) is 10.0. The van der Waals surface area contributed by atoms with Crippen molar-refractivity contribution in [2.45, 2.75) is 25.6 Å². The molecule has 0 aliphatic rings. The Morgan fingerprint density at radius 1 is 1.10 bits per heavy atom. The lowest BCUT2D eigenvalue weighted by atomic mass is 9.98.